The highest BCUT2D eigenvalue weighted by atomic mass is 35.5. The molecule has 0 atom stereocenters. The lowest BCUT2D eigenvalue weighted by atomic mass is 10.1. The number of anilines is 2. The summed E-state index contributed by atoms with van der Waals surface area (Å²) in [5.74, 6) is -1.49. The van der Waals surface area contributed by atoms with Crippen LogP contribution in [0.3, 0.4) is 0 Å². The fraction of sp³-hybridized carbons (Fsp3) is 0.0667. The smallest absolute Gasteiger partial charge is 0.260 e. The van der Waals surface area contributed by atoms with Crippen molar-refractivity contribution < 1.29 is 14.0 Å². The van der Waals surface area contributed by atoms with E-state index >= 15 is 0 Å². The molecule has 0 radical (unpaired) electrons. The molecule has 2 aromatic carbocycles. The van der Waals surface area contributed by atoms with Crippen LogP contribution in [0.25, 0.3) is 0 Å². The number of nitrogens with one attached hydrogen (secondary N) is 1. The van der Waals surface area contributed by atoms with Crippen molar-refractivity contribution in [2.24, 2.45) is 0 Å². The Morgan fingerprint density at radius 1 is 1.19 bits per heavy atom. The molecule has 6 heteroatoms. The maximum absolute atomic E-state index is 13.5. The molecular formula is C15H10ClFN2O2. The van der Waals surface area contributed by atoms with E-state index < -0.39 is 11.7 Å². The van der Waals surface area contributed by atoms with Crippen LogP contribution in [0.2, 0.25) is 5.02 Å². The molecule has 0 fully saturated rings. The molecule has 0 saturated carbocycles. The third kappa shape index (κ3) is 2.36. The second-order valence-corrected chi connectivity index (χ2v) is 4.94. The summed E-state index contributed by atoms with van der Waals surface area (Å²) < 4.78 is 13.5. The van der Waals surface area contributed by atoms with Gasteiger partial charge < -0.3 is 5.32 Å². The molecule has 1 aliphatic heterocycles. The zero-order chi connectivity index (χ0) is 15.0. The summed E-state index contributed by atoms with van der Waals surface area (Å²) in [6.45, 7) is -0.136. The van der Waals surface area contributed by atoms with Crippen molar-refractivity contribution in [2.75, 3.05) is 16.8 Å². The van der Waals surface area contributed by atoms with Crippen LogP contribution in [0, 0.1) is 5.82 Å². The summed E-state index contributed by atoms with van der Waals surface area (Å²) in [7, 11) is 0. The first kappa shape index (κ1) is 13.6. The molecule has 0 unspecified atom stereocenters. The van der Waals surface area contributed by atoms with Crippen molar-refractivity contribution in [2.45, 2.75) is 0 Å². The van der Waals surface area contributed by atoms with Gasteiger partial charge in [0.2, 0.25) is 5.91 Å². The largest absolute Gasteiger partial charge is 0.323 e. The van der Waals surface area contributed by atoms with Crippen molar-refractivity contribution in [1.82, 2.24) is 0 Å². The Morgan fingerprint density at radius 2 is 1.95 bits per heavy atom. The highest BCUT2D eigenvalue weighted by molar-refractivity contribution is 6.35. The predicted octanol–water partition coefficient (Wildman–Crippen LogP) is 3.08. The molecule has 0 saturated heterocycles. The summed E-state index contributed by atoms with van der Waals surface area (Å²) in [5.41, 5.74) is 1.12. The first-order valence-electron chi connectivity index (χ1n) is 6.22. The Bertz CT molecular complexity index is 748. The third-order valence-electron chi connectivity index (χ3n) is 3.20. The van der Waals surface area contributed by atoms with E-state index in [1.54, 1.807) is 24.3 Å². The van der Waals surface area contributed by atoms with E-state index in [0.29, 0.717) is 11.4 Å². The fourth-order valence-electron chi connectivity index (χ4n) is 2.23. The number of rotatable bonds is 1. The number of hydrogen-bond donors (Lipinski definition) is 1. The lowest BCUT2D eigenvalue weighted by Crippen LogP contribution is -2.42. The summed E-state index contributed by atoms with van der Waals surface area (Å²) in [5, 5.41) is 2.44. The number of nitrogens with zero attached hydrogens (tertiary/aromatic N) is 1. The molecule has 2 aromatic rings. The van der Waals surface area contributed by atoms with E-state index in [9.17, 15) is 14.0 Å². The van der Waals surface area contributed by atoms with Crippen LogP contribution in [0.1, 0.15) is 10.4 Å². The zero-order valence-electron chi connectivity index (χ0n) is 10.8. The van der Waals surface area contributed by atoms with Gasteiger partial charge in [-0.15, -0.1) is 0 Å². The molecule has 1 aliphatic rings. The van der Waals surface area contributed by atoms with Crippen molar-refractivity contribution in [1.29, 1.82) is 0 Å². The van der Waals surface area contributed by atoms with Crippen molar-refractivity contribution in [3.05, 3.63) is 58.9 Å². The van der Waals surface area contributed by atoms with E-state index in [1.807, 2.05) is 0 Å². The van der Waals surface area contributed by atoms with Gasteiger partial charge in [0, 0.05) is 0 Å². The molecule has 21 heavy (non-hydrogen) atoms. The normalized spacial score (nSPS) is 13.6. The molecule has 2 amide bonds. The summed E-state index contributed by atoms with van der Waals surface area (Å²) in [4.78, 5) is 25.6. The molecule has 3 rings (SSSR count). The first-order chi connectivity index (χ1) is 10.1. The van der Waals surface area contributed by atoms with Gasteiger partial charge in [0.15, 0.2) is 0 Å². The molecule has 1 heterocycles. The number of carbonyl (C=O) groups is 2. The van der Waals surface area contributed by atoms with Crippen molar-refractivity contribution >= 4 is 34.8 Å². The minimum Gasteiger partial charge on any atom is -0.323 e. The van der Waals surface area contributed by atoms with Gasteiger partial charge in [0.1, 0.15) is 12.4 Å². The van der Waals surface area contributed by atoms with E-state index in [0.717, 1.165) is 0 Å². The first-order valence-corrected chi connectivity index (χ1v) is 6.60. The Hall–Kier alpha value is -2.40. The molecular weight excluding hydrogens is 295 g/mol. The minimum absolute atomic E-state index is 0.0289. The van der Waals surface area contributed by atoms with Crippen LogP contribution < -0.4 is 10.2 Å². The van der Waals surface area contributed by atoms with Crippen LogP contribution in [0.4, 0.5) is 15.8 Å². The highest BCUT2D eigenvalue weighted by Gasteiger charge is 2.28. The van der Waals surface area contributed by atoms with E-state index in [-0.39, 0.29) is 23.0 Å². The van der Waals surface area contributed by atoms with Crippen molar-refractivity contribution in [3.63, 3.8) is 0 Å². The van der Waals surface area contributed by atoms with Gasteiger partial charge in [-0.25, -0.2) is 4.39 Å². The second-order valence-electron chi connectivity index (χ2n) is 4.56. The van der Waals surface area contributed by atoms with Crippen LogP contribution in [-0.4, -0.2) is 18.4 Å². The predicted molar refractivity (Wildman–Crippen MR) is 78.2 cm³/mol. The van der Waals surface area contributed by atoms with Crippen LogP contribution in [0.15, 0.2) is 42.5 Å². The fourth-order valence-corrected chi connectivity index (χ4v) is 2.44. The van der Waals surface area contributed by atoms with E-state index in [4.69, 9.17) is 11.6 Å². The topological polar surface area (TPSA) is 49.4 Å². The van der Waals surface area contributed by atoms with Gasteiger partial charge in [-0.05, 0) is 24.3 Å². The molecule has 1 N–H and O–H groups in total. The SMILES string of the molecule is O=C1CN(C(=O)c2cccc(F)c2Cl)c2ccccc2N1. The standard InChI is InChI=1S/C15H10ClFN2O2/c16-14-9(4-3-5-10(14)17)15(21)19-8-13(20)18-11-6-1-2-7-12(11)19/h1-7H,8H2,(H,18,20). The maximum Gasteiger partial charge on any atom is 0.260 e. The second kappa shape index (κ2) is 5.18. The lowest BCUT2D eigenvalue weighted by molar-refractivity contribution is -0.115. The number of halogens is 2. The highest BCUT2D eigenvalue weighted by Crippen LogP contribution is 2.31. The van der Waals surface area contributed by atoms with Crippen LogP contribution in [0.5, 0.6) is 0 Å². The van der Waals surface area contributed by atoms with Crippen LogP contribution in [-0.2, 0) is 4.79 Å². The minimum atomic E-state index is -0.669. The molecule has 0 aromatic heterocycles. The van der Waals surface area contributed by atoms with Gasteiger partial charge in [-0.2, -0.15) is 0 Å². The zero-order valence-corrected chi connectivity index (χ0v) is 11.5. The number of carbonyl (C=O) groups excluding carboxylic acids is 2. The number of fused-ring (bicyclic) bond motifs is 1. The quantitative estimate of drug-likeness (QED) is 0.880. The van der Waals surface area contributed by atoms with E-state index in [2.05, 4.69) is 5.32 Å². The lowest BCUT2D eigenvalue weighted by Gasteiger charge is -2.29. The monoisotopic (exact) mass is 304 g/mol. The van der Waals surface area contributed by atoms with Gasteiger partial charge >= 0.3 is 0 Å². The number of amides is 2. The van der Waals surface area contributed by atoms with E-state index in [1.165, 1.54) is 23.1 Å². The van der Waals surface area contributed by atoms with Gasteiger partial charge in [0.25, 0.3) is 5.91 Å². The molecule has 106 valence electrons. The number of hydrogen-bond acceptors (Lipinski definition) is 2. The molecule has 0 spiro atoms. The Labute approximate surface area is 125 Å². The molecule has 0 bridgehead atoms. The number of para-hydroxylation sites is 2. The summed E-state index contributed by atoms with van der Waals surface area (Å²) >= 11 is 5.85. The van der Waals surface area contributed by atoms with Crippen LogP contribution >= 0.6 is 11.6 Å². The molecule has 0 aliphatic carbocycles. The Morgan fingerprint density at radius 3 is 2.76 bits per heavy atom. The summed E-state index contributed by atoms with van der Waals surface area (Å²) in [6.07, 6.45) is 0. The van der Waals surface area contributed by atoms with Gasteiger partial charge in [-0.1, -0.05) is 29.8 Å². The average molecular weight is 305 g/mol. The average Bonchev–Trinajstić information content (AvgIpc) is 2.48. The Balaban J connectivity index is 2.06. The van der Waals surface area contributed by atoms with Gasteiger partial charge in [0.05, 0.1) is 22.0 Å². The number of benzene rings is 2. The molecule has 4 nitrogen and oxygen atoms in total. The maximum atomic E-state index is 13.5. The summed E-state index contributed by atoms with van der Waals surface area (Å²) in [6, 6.07) is 10.9. The van der Waals surface area contributed by atoms with Gasteiger partial charge in [-0.3, -0.25) is 14.5 Å². The van der Waals surface area contributed by atoms with Crippen molar-refractivity contribution in [3.8, 4) is 0 Å². The Kier molecular flexibility index (Phi) is 3.35. The third-order valence-corrected chi connectivity index (χ3v) is 3.58.